The minimum atomic E-state index is -0.160. The number of guanidine groups is 1. The number of rotatable bonds is 7. The maximum absolute atomic E-state index is 12.0. The van der Waals surface area contributed by atoms with Crippen molar-refractivity contribution in [2.45, 2.75) is 59.4 Å². The van der Waals surface area contributed by atoms with E-state index in [9.17, 15) is 4.79 Å². The van der Waals surface area contributed by atoms with Gasteiger partial charge in [-0.2, -0.15) is 0 Å². The second-order valence-electron chi connectivity index (χ2n) is 7.56. The molecular formula is C20H35IN4O2. The topological polar surface area (TPSA) is 78.7 Å². The van der Waals surface area contributed by atoms with Crippen LogP contribution in [-0.2, 0) is 0 Å². The molecule has 27 heavy (non-hydrogen) atoms. The SMILES string of the molecule is CCNC(=NCCCNC(=O)c1occc1C)NC1CC(C)CC(C)C1.I. The van der Waals surface area contributed by atoms with E-state index in [0.29, 0.717) is 24.9 Å². The molecule has 0 spiro atoms. The van der Waals surface area contributed by atoms with E-state index in [-0.39, 0.29) is 29.9 Å². The maximum Gasteiger partial charge on any atom is 0.287 e. The molecule has 1 fully saturated rings. The first-order chi connectivity index (χ1) is 12.5. The molecule has 6 nitrogen and oxygen atoms in total. The average molecular weight is 490 g/mol. The summed E-state index contributed by atoms with van der Waals surface area (Å²) in [6.07, 6.45) is 6.05. The molecule has 1 aromatic heterocycles. The van der Waals surface area contributed by atoms with Gasteiger partial charge in [0.15, 0.2) is 11.7 Å². The second-order valence-corrected chi connectivity index (χ2v) is 7.56. The summed E-state index contributed by atoms with van der Waals surface area (Å²) in [7, 11) is 0. The Morgan fingerprint density at radius 2 is 1.93 bits per heavy atom. The van der Waals surface area contributed by atoms with Gasteiger partial charge in [-0.15, -0.1) is 24.0 Å². The number of nitrogens with zero attached hydrogens (tertiary/aromatic N) is 1. The average Bonchev–Trinajstić information content (AvgIpc) is 2.99. The minimum Gasteiger partial charge on any atom is -0.459 e. The van der Waals surface area contributed by atoms with Gasteiger partial charge in [0.1, 0.15) is 0 Å². The molecule has 0 bridgehead atoms. The third kappa shape index (κ3) is 8.11. The van der Waals surface area contributed by atoms with Crippen molar-refractivity contribution in [2.24, 2.45) is 16.8 Å². The highest BCUT2D eigenvalue weighted by Gasteiger charge is 2.24. The molecule has 7 heteroatoms. The number of hydrogen-bond acceptors (Lipinski definition) is 3. The lowest BCUT2D eigenvalue weighted by atomic mass is 9.80. The Bertz CT molecular complexity index is 593. The van der Waals surface area contributed by atoms with Crippen LogP contribution in [0.5, 0.6) is 0 Å². The predicted octanol–water partition coefficient (Wildman–Crippen LogP) is 3.71. The maximum atomic E-state index is 12.0. The summed E-state index contributed by atoms with van der Waals surface area (Å²) in [6.45, 7) is 10.7. The third-order valence-corrected chi connectivity index (χ3v) is 4.82. The second kappa shape index (κ2) is 12.3. The molecule has 0 radical (unpaired) electrons. The molecule has 1 aliphatic rings. The van der Waals surface area contributed by atoms with Crippen LogP contribution < -0.4 is 16.0 Å². The summed E-state index contributed by atoms with van der Waals surface area (Å²) >= 11 is 0. The Morgan fingerprint density at radius 3 is 2.52 bits per heavy atom. The van der Waals surface area contributed by atoms with E-state index in [0.717, 1.165) is 36.3 Å². The van der Waals surface area contributed by atoms with Crippen molar-refractivity contribution < 1.29 is 9.21 Å². The van der Waals surface area contributed by atoms with Crippen LogP contribution in [0.3, 0.4) is 0 Å². The van der Waals surface area contributed by atoms with Gasteiger partial charge in [0.05, 0.1) is 6.26 Å². The van der Waals surface area contributed by atoms with Crippen LogP contribution in [0.1, 0.15) is 62.6 Å². The number of aryl methyl sites for hydroxylation is 1. The molecule has 2 rings (SSSR count). The van der Waals surface area contributed by atoms with Crippen molar-refractivity contribution in [3.63, 3.8) is 0 Å². The molecule has 1 amide bonds. The fraction of sp³-hybridized carbons (Fsp3) is 0.700. The number of carbonyl (C=O) groups is 1. The summed E-state index contributed by atoms with van der Waals surface area (Å²) in [5.74, 6) is 2.64. The highest BCUT2D eigenvalue weighted by atomic mass is 127. The third-order valence-electron chi connectivity index (χ3n) is 4.82. The normalized spacial score (nSPS) is 22.7. The van der Waals surface area contributed by atoms with Crippen molar-refractivity contribution >= 4 is 35.8 Å². The summed E-state index contributed by atoms with van der Waals surface area (Å²) < 4.78 is 5.20. The van der Waals surface area contributed by atoms with Crippen molar-refractivity contribution in [1.82, 2.24) is 16.0 Å². The summed E-state index contributed by atoms with van der Waals surface area (Å²) in [4.78, 5) is 16.6. The van der Waals surface area contributed by atoms with E-state index in [4.69, 9.17) is 4.42 Å². The Morgan fingerprint density at radius 1 is 1.22 bits per heavy atom. The summed E-state index contributed by atoms with van der Waals surface area (Å²) in [5.41, 5.74) is 0.857. The van der Waals surface area contributed by atoms with Crippen molar-refractivity contribution in [3.8, 4) is 0 Å². The first-order valence-corrected chi connectivity index (χ1v) is 9.86. The predicted molar refractivity (Wildman–Crippen MR) is 121 cm³/mol. The molecule has 1 heterocycles. The first kappa shape index (κ1) is 23.8. The minimum absolute atomic E-state index is 0. The lowest BCUT2D eigenvalue weighted by Gasteiger charge is -2.32. The van der Waals surface area contributed by atoms with E-state index >= 15 is 0 Å². The van der Waals surface area contributed by atoms with Crippen LogP contribution in [0.2, 0.25) is 0 Å². The van der Waals surface area contributed by atoms with Crippen LogP contribution in [0, 0.1) is 18.8 Å². The van der Waals surface area contributed by atoms with Gasteiger partial charge in [0.25, 0.3) is 5.91 Å². The van der Waals surface area contributed by atoms with E-state index in [1.165, 1.54) is 25.5 Å². The summed E-state index contributed by atoms with van der Waals surface area (Å²) in [6, 6.07) is 2.29. The molecule has 2 atom stereocenters. The number of amides is 1. The Kier molecular flexibility index (Phi) is 10.8. The number of hydrogen-bond donors (Lipinski definition) is 3. The van der Waals surface area contributed by atoms with Gasteiger partial charge in [-0.05, 0) is 57.4 Å². The number of aliphatic imine (C=N–C) groups is 1. The lowest BCUT2D eigenvalue weighted by molar-refractivity contribution is 0.0925. The van der Waals surface area contributed by atoms with Crippen LogP contribution in [-0.4, -0.2) is 37.5 Å². The Balaban J connectivity index is 0.00000364. The molecule has 1 saturated carbocycles. The van der Waals surface area contributed by atoms with Gasteiger partial charge >= 0.3 is 0 Å². The van der Waals surface area contributed by atoms with Gasteiger partial charge < -0.3 is 20.4 Å². The van der Waals surface area contributed by atoms with E-state index in [2.05, 4.69) is 41.7 Å². The van der Waals surface area contributed by atoms with E-state index in [1.807, 2.05) is 6.92 Å². The quantitative estimate of drug-likeness (QED) is 0.236. The largest absolute Gasteiger partial charge is 0.459 e. The van der Waals surface area contributed by atoms with Crippen LogP contribution >= 0.6 is 24.0 Å². The van der Waals surface area contributed by atoms with Gasteiger partial charge in [-0.25, -0.2) is 0 Å². The van der Waals surface area contributed by atoms with Gasteiger partial charge in [-0.3, -0.25) is 9.79 Å². The summed E-state index contributed by atoms with van der Waals surface area (Å²) in [5, 5.41) is 9.79. The van der Waals surface area contributed by atoms with Crippen LogP contribution in [0.4, 0.5) is 0 Å². The molecular weight excluding hydrogens is 455 g/mol. The number of halogens is 1. The Labute approximate surface area is 180 Å². The van der Waals surface area contributed by atoms with E-state index in [1.54, 1.807) is 6.07 Å². The molecule has 3 N–H and O–H groups in total. The molecule has 2 unspecified atom stereocenters. The van der Waals surface area contributed by atoms with E-state index < -0.39 is 0 Å². The van der Waals surface area contributed by atoms with Crippen molar-refractivity contribution in [3.05, 3.63) is 23.7 Å². The molecule has 154 valence electrons. The zero-order chi connectivity index (χ0) is 18.9. The molecule has 1 aromatic rings. The van der Waals surface area contributed by atoms with Crippen LogP contribution in [0.25, 0.3) is 0 Å². The van der Waals surface area contributed by atoms with Crippen LogP contribution in [0.15, 0.2) is 21.7 Å². The standard InChI is InChI=1S/C20H34N4O2.HI/c1-5-21-20(24-17-12-14(2)11-15(3)13-17)23-9-6-8-22-19(25)18-16(4)7-10-26-18;/h7,10,14-15,17H,5-6,8-9,11-13H2,1-4H3,(H,22,25)(H2,21,23,24);1H. The molecule has 0 aromatic carbocycles. The number of carbonyl (C=O) groups excluding carboxylic acids is 1. The highest BCUT2D eigenvalue weighted by Crippen LogP contribution is 2.28. The number of nitrogens with one attached hydrogen (secondary N) is 3. The fourth-order valence-corrected chi connectivity index (χ4v) is 3.74. The monoisotopic (exact) mass is 490 g/mol. The Hall–Kier alpha value is -1.25. The lowest BCUT2D eigenvalue weighted by Crippen LogP contribution is -2.46. The van der Waals surface area contributed by atoms with Crippen molar-refractivity contribution in [1.29, 1.82) is 0 Å². The van der Waals surface area contributed by atoms with Crippen molar-refractivity contribution in [2.75, 3.05) is 19.6 Å². The molecule has 0 saturated heterocycles. The molecule has 0 aliphatic heterocycles. The smallest absolute Gasteiger partial charge is 0.287 e. The zero-order valence-corrected chi connectivity index (χ0v) is 19.3. The first-order valence-electron chi connectivity index (χ1n) is 9.86. The fourth-order valence-electron chi connectivity index (χ4n) is 3.74. The highest BCUT2D eigenvalue weighted by molar-refractivity contribution is 14.0. The van der Waals surface area contributed by atoms with Gasteiger partial charge in [0, 0.05) is 31.2 Å². The molecule has 1 aliphatic carbocycles. The number of furan rings is 1. The zero-order valence-electron chi connectivity index (χ0n) is 17.0. The van der Waals surface area contributed by atoms with Gasteiger partial charge in [0.2, 0.25) is 0 Å². The van der Waals surface area contributed by atoms with Gasteiger partial charge in [-0.1, -0.05) is 13.8 Å².